The molecule has 0 aromatic heterocycles. The lowest BCUT2D eigenvalue weighted by Crippen LogP contribution is -2.43. The number of hydrogen-bond donors (Lipinski definition) is 1. The summed E-state index contributed by atoms with van der Waals surface area (Å²) >= 11 is 0. The van der Waals surface area contributed by atoms with Crippen molar-refractivity contribution in [3.8, 4) is 5.75 Å². The second-order valence-electron chi connectivity index (χ2n) is 7.13. The number of carbonyl (C=O) groups excluding carboxylic acids is 2. The van der Waals surface area contributed by atoms with Gasteiger partial charge in [-0.1, -0.05) is 72.8 Å². The van der Waals surface area contributed by atoms with Crippen molar-refractivity contribution in [2.24, 2.45) is 0 Å². The van der Waals surface area contributed by atoms with Crippen LogP contribution >= 0.6 is 0 Å². The van der Waals surface area contributed by atoms with Gasteiger partial charge in [0.2, 0.25) is 0 Å². The molecule has 0 aliphatic heterocycles. The molecule has 0 radical (unpaired) electrons. The van der Waals surface area contributed by atoms with Crippen LogP contribution in [0.2, 0.25) is 0 Å². The van der Waals surface area contributed by atoms with E-state index in [1.54, 1.807) is 6.92 Å². The van der Waals surface area contributed by atoms with Crippen LogP contribution in [-0.2, 0) is 33.9 Å². The normalized spacial score (nSPS) is 11.3. The average molecular weight is 434 g/mol. The molecule has 1 amide bonds. The second kappa shape index (κ2) is 12.2. The predicted molar refractivity (Wildman–Crippen MR) is 121 cm³/mol. The topological polar surface area (TPSA) is 73.9 Å². The second-order valence-corrected chi connectivity index (χ2v) is 7.13. The summed E-state index contributed by atoms with van der Waals surface area (Å²) in [6.45, 7) is 2.54. The molecule has 166 valence electrons. The number of alkyl carbamates (subject to hydrolysis) is 1. The summed E-state index contributed by atoms with van der Waals surface area (Å²) in [7, 11) is 0. The third-order valence-electron chi connectivity index (χ3n) is 4.69. The van der Waals surface area contributed by atoms with Crippen molar-refractivity contribution in [3.63, 3.8) is 0 Å². The van der Waals surface area contributed by atoms with Crippen molar-refractivity contribution < 1.29 is 23.8 Å². The number of benzene rings is 3. The van der Waals surface area contributed by atoms with Crippen LogP contribution in [0.1, 0.15) is 23.6 Å². The Balaban J connectivity index is 1.55. The van der Waals surface area contributed by atoms with Crippen molar-refractivity contribution in [2.45, 2.75) is 32.6 Å². The molecule has 0 bridgehead atoms. The van der Waals surface area contributed by atoms with Crippen molar-refractivity contribution in [3.05, 3.63) is 102 Å². The number of amides is 1. The average Bonchev–Trinajstić information content (AvgIpc) is 2.83. The summed E-state index contributed by atoms with van der Waals surface area (Å²) in [6, 6.07) is 25.8. The van der Waals surface area contributed by atoms with E-state index in [9.17, 15) is 9.59 Å². The van der Waals surface area contributed by atoms with Gasteiger partial charge in [-0.25, -0.2) is 9.59 Å². The van der Waals surface area contributed by atoms with Crippen LogP contribution in [0.4, 0.5) is 4.79 Å². The van der Waals surface area contributed by atoms with Gasteiger partial charge in [-0.2, -0.15) is 0 Å². The zero-order chi connectivity index (χ0) is 22.6. The van der Waals surface area contributed by atoms with Gasteiger partial charge >= 0.3 is 12.1 Å². The fourth-order valence-electron chi connectivity index (χ4n) is 3.04. The molecule has 32 heavy (non-hydrogen) atoms. The molecule has 6 heteroatoms. The van der Waals surface area contributed by atoms with Gasteiger partial charge in [-0.15, -0.1) is 0 Å². The standard InChI is InChI=1S/C26H27NO5/c1-2-30-25(28)24(27-26(29)32-19-22-11-7-4-8-12-22)17-20-13-15-23(16-14-20)31-18-21-9-5-3-6-10-21/h3-16,24H,2,17-19H2,1H3,(H,27,29). The first-order valence-corrected chi connectivity index (χ1v) is 10.5. The molecule has 0 aliphatic carbocycles. The fraction of sp³-hybridized carbons (Fsp3) is 0.231. The zero-order valence-electron chi connectivity index (χ0n) is 18.0. The maximum absolute atomic E-state index is 12.4. The molecule has 0 aliphatic rings. The third-order valence-corrected chi connectivity index (χ3v) is 4.69. The summed E-state index contributed by atoms with van der Waals surface area (Å²) < 4.78 is 16.2. The Morgan fingerprint density at radius 2 is 1.34 bits per heavy atom. The lowest BCUT2D eigenvalue weighted by Gasteiger charge is -2.17. The molecule has 0 spiro atoms. The van der Waals surface area contributed by atoms with Crippen LogP contribution in [0.3, 0.4) is 0 Å². The van der Waals surface area contributed by atoms with E-state index in [0.29, 0.717) is 6.61 Å². The number of nitrogens with one attached hydrogen (secondary N) is 1. The van der Waals surface area contributed by atoms with Crippen LogP contribution in [0.15, 0.2) is 84.9 Å². The van der Waals surface area contributed by atoms with Crippen LogP contribution in [-0.4, -0.2) is 24.7 Å². The van der Waals surface area contributed by atoms with E-state index in [0.717, 1.165) is 22.4 Å². The summed E-state index contributed by atoms with van der Waals surface area (Å²) in [6.07, 6.45) is -0.396. The highest BCUT2D eigenvalue weighted by Gasteiger charge is 2.23. The van der Waals surface area contributed by atoms with E-state index in [1.165, 1.54) is 0 Å². The Hall–Kier alpha value is -3.80. The Morgan fingerprint density at radius 1 is 0.750 bits per heavy atom. The maximum atomic E-state index is 12.4. The molecule has 0 heterocycles. The lowest BCUT2D eigenvalue weighted by molar-refractivity contribution is -0.145. The molecule has 0 fully saturated rings. The highest BCUT2D eigenvalue weighted by Crippen LogP contribution is 2.16. The van der Waals surface area contributed by atoms with Crippen molar-refractivity contribution in [1.29, 1.82) is 0 Å². The highest BCUT2D eigenvalue weighted by molar-refractivity contribution is 5.81. The van der Waals surface area contributed by atoms with E-state index < -0.39 is 18.1 Å². The lowest BCUT2D eigenvalue weighted by atomic mass is 10.1. The van der Waals surface area contributed by atoms with Gasteiger partial charge in [-0.3, -0.25) is 0 Å². The number of rotatable bonds is 10. The SMILES string of the molecule is CCOC(=O)C(Cc1ccc(OCc2ccccc2)cc1)NC(=O)OCc1ccccc1. The van der Waals surface area contributed by atoms with Crippen molar-refractivity contribution in [2.75, 3.05) is 6.61 Å². The van der Waals surface area contributed by atoms with E-state index in [1.807, 2.05) is 84.9 Å². The van der Waals surface area contributed by atoms with E-state index in [2.05, 4.69) is 5.32 Å². The minimum Gasteiger partial charge on any atom is -0.489 e. The summed E-state index contributed by atoms with van der Waals surface area (Å²) in [5.74, 6) is 0.217. The monoisotopic (exact) mass is 433 g/mol. The molecule has 3 rings (SSSR count). The molecule has 1 N–H and O–H groups in total. The number of carbonyl (C=O) groups is 2. The maximum Gasteiger partial charge on any atom is 0.408 e. The first kappa shape index (κ1) is 22.9. The molecule has 3 aromatic rings. The minimum atomic E-state index is -0.852. The molecule has 1 atom stereocenters. The highest BCUT2D eigenvalue weighted by atomic mass is 16.6. The summed E-state index contributed by atoms with van der Waals surface area (Å²) in [5, 5.41) is 2.61. The first-order chi connectivity index (χ1) is 15.6. The van der Waals surface area contributed by atoms with Crippen LogP contribution in [0.25, 0.3) is 0 Å². The van der Waals surface area contributed by atoms with Crippen molar-refractivity contribution >= 4 is 12.1 Å². The molecule has 6 nitrogen and oxygen atoms in total. The summed E-state index contributed by atoms with van der Waals surface area (Å²) in [5.41, 5.74) is 2.80. The fourth-order valence-corrected chi connectivity index (χ4v) is 3.04. The molecule has 0 saturated heterocycles. The third kappa shape index (κ3) is 7.47. The number of hydrogen-bond acceptors (Lipinski definition) is 5. The largest absolute Gasteiger partial charge is 0.489 e. The van der Waals surface area contributed by atoms with Crippen molar-refractivity contribution in [1.82, 2.24) is 5.32 Å². The quantitative estimate of drug-likeness (QED) is 0.471. The van der Waals surface area contributed by atoms with Crippen LogP contribution < -0.4 is 10.1 Å². The molecular formula is C26H27NO5. The van der Waals surface area contributed by atoms with Gasteiger partial charge in [0, 0.05) is 6.42 Å². The van der Waals surface area contributed by atoms with Gasteiger partial charge in [-0.05, 0) is 35.7 Å². The Bertz CT molecular complexity index is 974. The Labute approximate surface area is 188 Å². The van der Waals surface area contributed by atoms with Gasteiger partial charge in [0.15, 0.2) is 0 Å². The molecule has 1 unspecified atom stereocenters. The van der Waals surface area contributed by atoms with Crippen LogP contribution in [0, 0.1) is 0 Å². The molecular weight excluding hydrogens is 406 g/mol. The van der Waals surface area contributed by atoms with E-state index >= 15 is 0 Å². The Kier molecular flexibility index (Phi) is 8.69. The van der Waals surface area contributed by atoms with E-state index in [4.69, 9.17) is 14.2 Å². The molecule has 3 aromatic carbocycles. The van der Waals surface area contributed by atoms with Gasteiger partial charge in [0.1, 0.15) is 25.0 Å². The van der Waals surface area contributed by atoms with E-state index in [-0.39, 0.29) is 19.6 Å². The van der Waals surface area contributed by atoms with Gasteiger partial charge in [0.25, 0.3) is 0 Å². The number of ether oxygens (including phenoxy) is 3. The van der Waals surface area contributed by atoms with Gasteiger partial charge < -0.3 is 19.5 Å². The molecule has 0 saturated carbocycles. The smallest absolute Gasteiger partial charge is 0.408 e. The zero-order valence-corrected chi connectivity index (χ0v) is 18.0. The number of esters is 1. The summed E-state index contributed by atoms with van der Waals surface area (Å²) in [4.78, 5) is 24.6. The Morgan fingerprint density at radius 3 is 1.94 bits per heavy atom. The van der Waals surface area contributed by atoms with Gasteiger partial charge in [0.05, 0.1) is 6.61 Å². The first-order valence-electron chi connectivity index (χ1n) is 10.5. The minimum absolute atomic E-state index is 0.121. The van der Waals surface area contributed by atoms with Crippen LogP contribution in [0.5, 0.6) is 5.75 Å². The predicted octanol–water partition coefficient (Wildman–Crippen LogP) is 4.67.